The summed E-state index contributed by atoms with van der Waals surface area (Å²) in [6, 6.07) is 11.8. The van der Waals surface area contributed by atoms with Crippen molar-refractivity contribution in [2.45, 2.75) is 26.7 Å². The second kappa shape index (κ2) is 10.1. The Kier molecular flexibility index (Phi) is 7.49. The third-order valence-corrected chi connectivity index (χ3v) is 3.44. The lowest BCUT2D eigenvalue weighted by molar-refractivity contribution is 0.0952. The molecule has 6 nitrogen and oxygen atoms in total. The lowest BCUT2D eigenvalue weighted by Crippen LogP contribution is -2.17. The van der Waals surface area contributed by atoms with Crippen molar-refractivity contribution in [1.82, 2.24) is 5.43 Å². The van der Waals surface area contributed by atoms with Gasteiger partial charge < -0.3 is 14.6 Å². The summed E-state index contributed by atoms with van der Waals surface area (Å²) >= 11 is 0. The topological polar surface area (TPSA) is 80.2 Å². The number of ether oxygens (including phenoxy) is 2. The van der Waals surface area contributed by atoms with E-state index in [2.05, 4.69) is 10.5 Å². The predicted octanol–water partition coefficient (Wildman–Crippen LogP) is 3.73. The molecule has 0 atom stereocenters. The minimum absolute atomic E-state index is 0.0930. The molecule has 0 heterocycles. The van der Waals surface area contributed by atoms with Crippen molar-refractivity contribution in [3.05, 3.63) is 53.6 Å². The van der Waals surface area contributed by atoms with Crippen LogP contribution >= 0.6 is 0 Å². The zero-order valence-corrected chi connectivity index (χ0v) is 15.1. The summed E-state index contributed by atoms with van der Waals surface area (Å²) in [7, 11) is 0. The van der Waals surface area contributed by atoms with Gasteiger partial charge in [-0.15, -0.1) is 0 Å². The van der Waals surface area contributed by atoms with Crippen LogP contribution in [0.15, 0.2) is 47.6 Å². The molecule has 1 amide bonds. The number of carbonyl (C=O) groups excluding carboxylic acids is 1. The number of nitrogens with one attached hydrogen (secondary N) is 1. The van der Waals surface area contributed by atoms with Gasteiger partial charge in [0.1, 0.15) is 17.2 Å². The summed E-state index contributed by atoms with van der Waals surface area (Å²) in [5.74, 6) is 0.789. The Hall–Kier alpha value is -3.02. The molecule has 0 aliphatic carbocycles. The molecule has 2 aromatic rings. The smallest absolute Gasteiger partial charge is 0.275 e. The normalized spacial score (nSPS) is 10.7. The Bertz CT molecular complexity index is 759. The van der Waals surface area contributed by atoms with E-state index in [-0.39, 0.29) is 11.3 Å². The van der Waals surface area contributed by atoms with Crippen LogP contribution in [0.25, 0.3) is 0 Å². The molecular formula is C20H24N2O4. The van der Waals surface area contributed by atoms with E-state index in [9.17, 15) is 9.90 Å². The van der Waals surface area contributed by atoms with E-state index < -0.39 is 5.91 Å². The second-order valence-corrected chi connectivity index (χ2v) is 5.61. The van der Waals surface area contributed by atoms with Crippen molar-refractivity contribution in [3.63, 3.8) is 0 Å². The van der Waals surface area contributed by atoms with Gasteiger partial charge in [0.2, 0.25) is 0 Å². The molecule has 138 valence electrons. The van der Waals surface area contributed by atoms with Crippen molar-refractivity contribution in [3.8, 4) is 17.2 Å². The molecule has 2 N–H and O–H groups in total. The van der Waals surface area contributed by atoms with E-state index in [4.69, 9.17) is 9.47 Å². The Balaban J connectivity index is 2.09. The maximum absolute atomic E-state index is 12.0. The van der Waals surface area contributed by atoms with E-state index in [1.54, 1.807) is 12.1 Å². The highest BCUT2D eigenvalue weighted by molar-refractivity contribution is 5.97. The molecule has 0 fully saturated rings. The van der Waals surface area contributed by atoms with Gasteiger partial charge in [-0.25, -0.2) is 5.43 Å². The van der Waals surface area contributed by atoms with E-state index in [1.807, 2.05) is 32.0 Å². The first-order chi connectivity index (χ1) is 12.7. The molecule has 0 saturated carbocycles. The molecule has 0 bridgehead atoms. The Labute approximate surface area is 153 Å². The third kappa shape index (κ3) is 5.51. The van der Waals surface area contributed by atoms with Crippen LogP contribution in [0.2, 0.25) is 0 Å². The highest BCUT2D eigenvalue weighted by Crippen LogP contribution is 2.24. The lowest BCUT2D eigenvalue weighted by atomic mass is 10.2. The molecule has 0 unspecified atom stereocenters. The Morgan fingerprint density at radius 3 is 2.58 bits per heavy atom. The van der Waals surface area contributed by atoms with Crippen LogP contribution in [0.3, 0.4) is 0 Å². The van der Waals surface area contributed by atoms with Gasteiger partial charge in [-0.05, 0) is 37.1 Å². The van der Waals surface area contributed by atoms with Crippen molar-refractivity contribution < 1.29 is 19.4 Å². The molecule has 0 saturated heterocycles. The number of aromatic hydroxyl groups is 1. The highest BCUT2D eigenvalue weighted by atomic mass is 16.5. The molecule has 2 aromatic carbocycles. The first kappa shape index (κ1) is 19.3. The number of para-hydroxylation sites is 1. The standard InChI is InChI=1S/C20H24N2O4/c1-3-11-25-16-10-9-15(19(13-16)26-12-4-2)14-21-22-20(24)17-7-5-6-8-18(17)23/h5-10,13-14,23H,3-4,11-12H2,1-2H3,(H,22,24). The number of nitrogens with zero attached hydrogens (tertiary/aromatic N) is 1. The monoisotopic (exact) mass is 356 g/mol. The second-order valence-electron chi connectivity index (χ2n) is 5.61. The molecular weight excluding hydrogens is 332 g/mol. The summed E-state index contributed by atoms with van der Waals surface area (Å²) < 4.78 is 11.4. The lowest BCUT2D eigenvalue weighted by Gasteiger charge is -2.11. The molecule has 26 heavy (non-hydrogen) atoms. The number of hydrogen-bond acceptors (Lipinski definition) is 5. The minimum atomic E-state index is -0.488. The summed E-state index contributed by atoms with van der Waals surface area (Å²) in [6.45, 7) is 5.28. The zero-order chi connectivity index (χ0) is 18.8. The maximum atomic E-state index is 12.0. The predicted molar refractivity (Wildman–Crippen MR) is 101 cm³/mol. The van der Waals surface area contributed by atoms with Crippen molar-refractivity contribution in [2.75, 3.05) is 13.2 Å². The SMILES string of the molecule is CCCOc1ccc(C=NNC(=O)c2ccccc2O)c(OCCC)c1. The molecule has 0 aliphatic heterocycles. The number of hydrazone groups is 1. The van der Waals surface area contributed by atoms with Crippen LogP contribution in [0.4, 0.5) is 0 Å². The first-order valence-electron chi connectivity index (χ1n) is 8.66. The number of phenols is 1. The van der Waals surface area contributed by atoms with Crippen molar-refractivity contribution >= 4 is 12.1 Å². The van der Waals surface area contributed by atoms with Crippen molar-refractivity contribution in [1.29, 1.82) is 0 Å². The maximum Gasteiger partial charge on any atom is 0.275 e. The van der Waals surface area contributed by atoms with Gasteiger partial charge in [-0.3, -0.25) is 4.79 Å². The zero-order valence-electron chi connectivity index (χ0n) is 15.1. The number of carbonyl (C=O) groups is 1. The first-order valence-corrected chi connectivity index (χ1v) is 8.66. The highest BCUT2D eigenvalue weighted by Gasteiger charge is 2.09. The average Bonchev–Trinajstić information content (AvgIpc) is 2.66. The van der Waals surface area contributed by atoms with Crippen LogP contribution in [0.1, 0.15) is 42.6 Å². The van der Waals surface area contributed by atoms with Gasteiger partial charge >= 0.3 is 0 Å². The number of amides is 1. The fourth-order valence-corrected chi connectivity index (χ4v) is 2.15. The Morgan fingerprint density at radius 1 is 1.12 bits per heavy atom. The average molecular weight is 356 g/mol. The number of phenolic OH excluding ortho intramolecular Hbond substituents is 1. The van der Waals surface area contributed by atoms with E-state index in [0.717, 1.165) is 24.2 Å². The van der Waals surface area contributed by atoms with E-state index in [1.165, 1.54) is 18.3 Å². The molecule has 6 heteroatoms. The number of rotatable bonds is 9. The number of hydrogen-bond donors (Lipinski definition) is 2. The van der Waals surface area contributed by atoms with E-state index >= 15 is 0 Å². The van der Waals surface area contributed by atoms with Crippen LogP contribution in [0.5, 0.6) is 17.2 Å². The van der Waals surface area contributed by atoms with Gasteiger partial charge in [0, 0.05) is 11.6 Å². The summed E-state index contributed by atoms with van der Waals surface area (Å²) in [4.78, 5) is 12.0. The Morgan fingerprint density at radius 2 is 1.85 bits per heavy atom. The fraction of sp³-hybridized carbons (Fsp3) is 0.300. The van der Waals surface area contributed by atoms with Gasteiger partial charge in [0.05, 0.1) is 25.0 Å². The summed E-state index contributed by atoms with van der Waals surface area (Å²) in [6.07, 6.45) is 3.31. The van der Waals surface area contributed by atoms with Gasteiger partial charge in [0.15, 0.2) is 0 Å². The largest absolute Gasteiger partial charge is 0.507 e. The van der Waals surface area contributed by atoms with Crippen LogP contribution in [-0.2, 0) is 0 Å². The quantitative estimate of drug-likeness (QED) is 0.530. The van der Waals surface area contributed by atoms with Gasteiger partial charge in [-0.2, -0.15) is 5.10 Å². The molecule has 0 spiro atoms. The van der Waals surface area contributed by atoms with Gasteiger partial charge in [0.25, 0.3) is 5.91 Å². The molecule has 0 aliphatic rings. The fourth-order valence-electron chi connectivity index (χ4n) is 2.15. The number of benzene rings is 2. The van der Waals surface area contributed by atoms with Crippen LogP contribution in [-0.4, -0.2) is 30.4 Å². The minimum Gasteiger partial charge on any atom is -0.507 e. The van der Waals surface area contributed by atoms with Crippen LogP contribution < -0.4 is 14.9 Å². The van der Waals surface area contributed by atoms with Crippen LogP contribution in [0, 0.1) is 0 Å². The molecule has 2 rings (SSSR count). The summed E-state index contributed by atoms with van der Waals surface area (Å²) in [5.41, 5.74) is 3.29. The van der Waals surface area contributed by atoms with E-state index in [0.29, 0.717) is 19.0 Å². The van der Waals surface area contributed by atoms with Crippen molar-refractivity contribution in [2.24, 2.45) is 5.10 Å². The third-order valence-electron chi connectivity index (χ3n) is 3.44. The molecule has 0 radical (unpaired) electrons. The summed E-state index contributed by atoms with van der Waals surface area (Å²) in [5, 5.41) is 13.7. The molecule has 0 aromatic heterocycles. The van der Waals surface area contributed by atoms with Gasteiger partial charge in [-0.1, -0.05) is 26.0 Å².